The van der Waals surface area contributed by atoms with E-state index < -0.39 is 0 Å². The molecular weight excluding hydrogens is 378 g/mol. The van der Waals surface area contributed by atoms with Crippen LogP contribution in [0.5, 0.6) is 0 Å². The summed E-state index contributed by atoms with van der Waals surface area (Å²) < 4.78 is 7.85. The second-order valence-corrected chi connectivity index (χ2v) is 9.13. The maximum Gasteiger partial charge on any atom is 0.321 e. The lowest BCUT2D eigenvalue weighted by Crippen LogP contribution is -2.38. The summed E-state index contributed by atoms with van der Waals surface area (Å²) in [5, 5.41) is 11.8. The molecule has 1 aromatic heterocycles. The summed E-state index contributed by atoms with van der Waals surface area (Å²) in [6, 6.07) is 8.05. The Balaban J connectivity index is 1.56. The Labute approximate surface area is 178 Å². The van der Waals surface area contributed by atoms with Gasteiger partial charge >= 0.3 is 6.03 Å². The van der Waals surface area contributed by atoms with Crippen LogP contribution in [0.2, 0.25) is 0 Å². The highest BCUT2D eigenvalue weighted by molar-refractivity contribution is 5.89. The molecule has 0 radical (unpaired) electrons. The average molecular weight is 412 g/mol. The minimum absolute atomic E-state index is 0.00260. The van der Waals surface area contributed by atoms with Crippen molar-refractivity contribution in [1.29, 1.82) is 0 Å². The van der Waals surface area contributed by atoms with Crippen LogP contribution in [0.25, 0.3) is 0 Å². The van der Waals surface area contributed by atoms with Crippen LogP contribution in [0.15, 0.2) is 30.6 Å². The molecule has 0 saturated carbocycles. The maximum atomic E-state index is 13.2. The third kappa shape index (κ3) is 4.21. The SMILES string of the molecule is CCc1cccc(NC(=O)N2CC(c3nncn3CC(C)C)C3(CCOCC3)C2)c1. The standard InChI is InChI=1S/C23H33N5O2/c1-4-18-6-5-7-19(12-18)25-22(29)27-14-20(23(15-27)8-10-30-11-9-23)21-26-24-16-28(21)13-17(2)3/h5-7,12,16-17,20H,4,8-11,13-15H2,1-3H3,(H,25,29). The fourth-order valence-electron chi connectivity index (χ4n) is 4.90. The summed E-state index contributed by atoms with van der Waals surface area (Å²) in [5.41, 5.74) is 2.07. The lowest BCUT2D eigenvalue weighted by atomic mass is 9.71. The van der Waals surface area contributed by atoms with E-state index in [0.29, 0.717) is 12.5 Å². The Morgan fingerprint density at radius 2 is 2.13 bits per heavy atom. The Kier molecular flexibility index (Phi) is 6.09. The van der Waals surface area contributed by atoms with Gasteiger partial charge in [0.15, 0.2) is 0 Å². The number of aromatic nitrogens is 3. The molecule has 1 aromatic carbocycles. The predicted octanol–water partition coefficient (Wildman–Crippen LogP) is 3.92. The van der Waals surface area contributed by atoms with Gasteiger partial charge in [0.25, 0.3) is 0 Å². The molecule has 162 valence electrons. The number of anilines is 1. The second-order valence-electron chi connectivity index (χ2n) is 9.13. The van der Waals surface area contributed by atoms with Crippen molar-refractivity contribution in [3.8, 4) is 0 Å². The first-order valence-electron chi connectivity index (χ1n) is 11.1. The van der Waals surface area contributed by atoms with E-state index in [4.69, 9.17) is 4.74 Å². The van der Waals surface area contributed by atoms with E-state index in [9.17, 15) is 4.79 Å². The monoisotopic (exact) mass is 411 g/mol. The number of likely N-dealkylation sites (tertiary alicyclic amines) is 1. The van der Waals surface area contributed by atoms with Gasteiger partial charge in [-0.05, 0) is 42.9 Å². The highest BCUT2D eigenvalue weighted by Crippen LogP contribution is 2.49. The minimum atomic E-state index is -0.0356. The van der Waals surface area contributed by atoms with Crippen molar-refractivity contribution < 1.29 is 9.53 Å². The van der Waals surface area contributed by atoms with Gasteiger partial charge in [-0.1, -0.05) is 32.9 Å². The molecule has 4 rings (SSSR count). The molecule has 1 N–H and O–H groups in total. The second kappa shape index (κ2) is 8.76. The fourth-order valence-corrected chi connectivity index (χ4v) is 4.90. The molecule has 2 aliphatic rings. The third-order valence-corrected chi connectivity index (χ3v) is 6.53. The first-order valence-corrected chi connectivity index (χ1v) is 11.1. The number of carbonyl (C=O) groups excluding carboxylic acids is 1. The van der Waals surface area contributed by atoms with E-state index >= 15 is 0 Å². The van der Waals surface area contributed by atoms with Gasteiger partial charge in [-0.2, -0.15) is 0 Å². The zero-order chi connectivity index (χ0) is 21.1. The van der Waals surface area contributed by atoms with Crippen molar-refractivity contribution in [1.82, 2.24) is 19.7 Å². The number of carbonyl (C=O) groups is 1. The molecule has 30 heavy (non-hydrogen) atoms. The van der Waals surface area contributed by atoms with E-state index in [1.165, 1.54) is 5.56 Å². The molecule has 7 nitrogen and oxygen atoms in total. The van der Waals surface area contributed by atoms with Crippen LogP contribution in [0.1, 0.15) is 50.9 Å². The number of rotatable bonds is 5. The summed E-state index contributed by atoms with van der Waals surface area (Å²) in [6.45, 7) is 10.3. The molecule has 2 amide bonds. The number of benzene rings is 1. The lowest BCUT2D eigenvalue weighted by molar-refractivity contribution is 0.0120. The molecule has 2 aromatic rings. The van der Waals surface area contributed by atoms with Gasteiger partial charge in [-0.25, -0.2) is 4.79 Å². The molecule has 3 heterocycles. The van der Waals surface area contributed by atoms with Crippen LogP contribution in [-0.4, -0.2) is 52.0 Å². The number of aryl methyl sites for hydroxylation is 1. The van der Waals surface area contributed by atoms with Crippen LogP contribution in [0.4, 0.5) is 10.5 Å². The topological polar surface area (TPSA) is 72.3 Å². The van der Waals surface area contributed by atoms with Gasteiger partial charge in [0.1, 0.15) is 12.2 Å². The molecule has 1 atom stereocenters. The van der Waals surface area contributed by atoms with E-state index in [-0.39, 0.29) is 17.4 Å². The first kappa shape index (κ1) is 20.8. The number of amides is 2. The highest BCUT2D eigenvalue weighted by atomic mass is 16.5. The van der Waals surface area contributed by atoms with E-state index in [2.05, 4.69) is 53.0 Å². The molecule has 0 bridgehead atoms. The number of hydrogen-bond donors (Lipinski definition) is 1. The number of ether oxygens (including phenoxy) is 1. The first-order chi connectivity index (χ1) is 14.5. The van der Waals surface area contributed by atoms with Crippen molar-refractivity contribution in [2.24, 2.45) is 11.3 Å². The van der Waals surface area contributed by atoms with Crippen LogP contribution >= 0.6 is 0 Å². The summed E-state index contributed by atoms with van der Waals surface area (Å²) in [5.74, 6) is 1.70. The smallest absolute Gasteiger partial charge is 0.321 e. The number of hydrogen-bond acceptors (Lipinski definition) is 4. The van der Waals surface area contributed by atoms with Gasteiger partial charge < -0.3 is 19.5 Å². The molecular formula is C23H33N5O2. The summed E-state index contributed by atoms with van der Waals surface area (Å²) in [4.78, 5) is 15.1. The molecule has 0 aliphatic carbocycles. The van der Waals surface area contributed by atoms with Crippen molar-refractivity contribution in [3.05, 3.63) is 42.0 Å². The van der Waals surface area contributed by atoms with Gasteiger partial charge in [0.05, 0.1) is 0 Å². The fraction of sp³-hybridized carbons (Fsp3) is 0.609. The quantitative estimate of drug-likeness (QED) is 0.809. The Morgan fingerprint density at radius 1 is 1.33 bits per heavy atom. The van der Waals surface area contributed by atoms with Gasteiger partial charge in [-0.15, -0.1) is 10.2 Å². The third-order valence-electron chi connectivity index (χ3n) is 6.53. The van der Waals surface area contributed by atoms with Gasteiger partial charge in [0.2, 0.25) is 0 Å². The normalized spacial score (nSPS) is 20.8. The average Bonchev–Trinajstić information content (AvgIpc) is 3.32. The maximum absolute atomic E-state index is 13.2. The predicted molar refractivity (Wildman–Crippen MR) is 116 cm³/mol. The Bertz CT molecular complexity index is 872. The lowest BCUT2D eigenvalue weighted by Gasteiger charge is -2.37. The summed E-state index contributed by atoms with van der Waals surface area (Å²) in [7, 11) is 0. The summed E-state index contributed by atoms with van der Waals surface area (Å²) in [6.07, 6.45) is 4.67. The molecule has 1 unspecified atom stereocenters. The zero-order valence-corrected chi connectivity index (χ0v) is 18.3. The zero-order valence-electron chi connectivity index (χ0n) is 18.3. The van der Waals surface area contributed by atoms with Crippen molar-refractivity contribution in [2.75, 3.05) is 31.6 Å². The van der Waals surface area contributed by atoms with Crippen LogP contribution < -0.4 is 5.32 Å². The Hall–Kier alpha value is -2.41. The number of nitrogens with zero attached hydrogens (tertiary/aromatic N) is 4. The van der Waals surface area contributed by atoms with Crippen LogP contribution in [0, 0.1) is 11.3 Å². The van der Waals surface area contributed by atoms with E-state index in [1.54, 1.807) is 0 Å². The van der Waals surface area contributed by atoms with Gasteiger partial charge in [0, 0.05) is 49.9 Å². The largest absolute Gasteiger partial charge is 0.381 e. The molecule has 2 aliphatic heterocycles. The highest BCUT2D eigenvalue weighted by Gasteiger charge is 2.51. The van der Waals surface area contributed by atoms with Crippen LogP contribution in [0.3, 0.4) is 0 Å². The van der Waals surface area contributed by atoms with Crippen molar-refractivity contribution >= 4 is 11.7 Å². The van der Waals surface area contributed by atoms with Crippen molar-refractivity contribution in [3.63, 3.8) is 0 Å². The molecule has 2 saturated heterocycles. The molecule has 2 fully saturated rings. The van der Waals surface area contributed by atoms with E-state index in [1.807, 2.05) is 23.4 Å². The number of nitrogens with one attached hydrogen (secondary N) is 1. The molecule has 1 spiro atoms. The minimum Gasteiger partial charge on any atom is -0.381 e. The van der Waals surface area contributed by atoms with Gasteiger partial charge in [-0.3, -0.25) is 0 Å². The Morgan fingerprint density at radius 3 is 2.87 bits per heavy atom. The van der Waals surface area contributed by atoms with Crippen molar-refractivity contribution in [2.45, 2.75) is 52.5 Å². The van der Waals surface area contributed by atoms with E-state index in [0.717, 1.165) is 57.1 Å². The number of urea groups is 1. The summed E-state index contributed by atoms with van der Waals surface area (Å²) >= 11 is 0. The molecule has 7 heteroatoms. The van der Waals surface area contributed by atoms with Crippen LogP contribution in [-0.2, 0) is 17.7 Å².